The average molecular weight is 251 g/mol. The lowest BCUT2D eigenvalue weighted by atomic mass is 10.5. The lowest BCUT2D eigenvalue weighted by Crippen LogP contribution is -2.14. The van der Waals surface area contributed by atoms with Crippen molar-refractivity contribution in [1.29, 1.82) is 0 Å². The van der Waals surface area contributed by atoms with Gasteiger partial charge in [-0.15, -0.1) is 0 Å². The molecule has 0 amide bonds. The van der Waals surface area contributed by atoms with E-state index in [1.165, 1.54) is 0 Å². The Hall–Kier alpha value is -1.86. The van der Waals surface area contributed by atoms with Crippen molar-refractivity contribution in [3.05, 3.63) is 18.6 Å². The van der Waals surface area contributed by atoms with E-state index in [0.29, 0.717) is 38.0 Å². The number of anilines is 2. The quantitative estimate of drug-likeness (QED) is 0.692. The van der Waals surface area contributed by atoms with Gasteiger partial charge in [0.05, 0.1) is 26.0 Å². The van der Waals surface area contributed by atoms with Crippen LogP contribution in [0.4, 0.5) is 11.6 Å². The van der Waals surface area contributed by atoms with Crippen LogP contribution in [-0.2, 0) is 9.47 Å². The summed E-state index contributed by atoms with van der Waals surface area (Å²) in [7, 11) is 1.65. The van der Waals surface area contributed by atoms with Gasteiger partial charge in [0, 0.05) is 26.0 Å². The molecule has 0 saturated heterocycles. The molecule has 0 saturated carbocycles. The molecular weight excluding hydrogens is 234 g/mol. The van der Waals surface area contributed by atoms with E-state index in [0.717, 1.165) is 5.65 Å². The minimum Gasteiger partial charge on any atom is -0.382 e. The fourth-order valence-corrected chi connectivity index (χ4v) is 1.56. The normalized spacial score (nSPS) is 10.9. The van der Waals surface area contributed by atoms with Crippen LogP contribution in [0.3, 0.4) is 0 Å². The van der Waals surface area contributed by atoms with Gasteiger partial charge in [-0.25, -0.2) is 9.97 Å². The molecule has 0 unspecified atom stereocenters. The number of nitrogens with zero attached hydrogens (tertiary/aromatic N) is 3. The molecule has 2 aromatic rings. The molecule has 0 aliphatic carbocycles. The third kappa shape index (κ3) is 3.08. The van der Waals surface area contributed by atoms with E-state index < -0.39 is 0 Å². The zero-order valence-corrected chi connectivity index (χ0v) is 10.3. The standard InChI is InChI=1S/C11H17N5O2/c1-17-6-7-18-5-3-13-10-11-14-2-4-16(11)8-9(12)15-10/h2,4,8H,3,5-7,12H2,1H3,(H,13,15). The summed E-state index contributed by atoms with van der Waals surface area (Å²) in [5.41, 5.74) is 6.46. The number of methoxy groups -OCH3 is 1. The van der Waals surface area contributed by atoms with Crippen molar-refractivity contribution in [3.63, 3.8) is 0 Å². The molecule has 0 radical (unpaired) electrons. The topological polar surface area (TPSA) is 86.7 Å². The van der Waals surface area contributed by atoms with E-state index in [9.17, 15) is 0 Å². The molecule has 0 aliphatic rings. The molecule has 98 valence electrons. The predicted molar refractivity (Wildman–Crippen MR) is 68.6 cm³/mol. The van der Waals surface area contributed by atoms with Gasteiger partial charge in [0.15, 0.2) is 11.5 Å². The van der Waals surface area contributed by atoms with Crippen molar-refractivity contribution in [2.45, 2.75) is 0 Å². The second-order valence-corrected chi connectivity index (χ2v) is 3.70. The number of hydrogen-bond donors (Lipinski definition) is 2. The van der Waals surface area contributed by atoms with Gasteiger partial charge in [0.1, 0.15) is 5.82 Å². The summed E-state index contributed by atoms with van der Waals surface area (Å²) in [5.74, 6) is 1.11. The van der Waals surface area contributed by atoms with Gasteiger partial charge >= 0.3 is 0 Å². The third-order valence-corrected chi connectivity index (χ3v) is 2.36. The van der Waals surface area contributed by atoms with E-state index in [1.54, 1.807) is 19.5 Å². The zero-order chi connectivity index (χ0) is 12.8. The SMILES string of the molecule is COCCOCCNc1nc(N)cn2ccnc12. The molecule has 18 heavy (non-hydrogen) atoms. The molecule has 0 bridgehead atoms. The fourth-order valence-electron chi connectivity index (χ4n) is 1.56. The Bertz CT molecular complexity index is 499. The highest BCUT2D eigenvalue weighted by molar-refractivity contribution is 5.64. The van der Waals surface area contributed by atoms with E-state index in [1.807, 2.05) is 10.6 Å². The highest BCUT2D eigenvalue weighted by Gasteiger charge is 2.04. The molecule has 7 heteroatoms. The highest BCUT2D eigenvalue weighted by atomic mass is 16.5. The van der Waals surface area contributed by atoms with Gasteiger partial charge in [0.2, 0.25) is 0 Å². The Labute approximate surface area is 105 Å². The van der Waals surface area contributed by atoms with Gasteiger partial charge in [-0.3, -0.25) is 0 Å². The van der Waals surface area contributed by atoms with Crippen LogP contribution in [0.15, 0.2) is 18.6 Å². The van der Waals surface area contributed by atoms with Crippen LogP contribution in [0.2, 0.25) is 0 Å². The van der Waals surface area contributed by atoms with Crippen molar-refractivity contribution >= 4 is 17.3 Å². The Balaban J connectivity index is 1.89. The maximum Gasteiger partial charge on any atom is 0.180 e. The molecule has 3 N–H and O–H groups in total. The summed E-state index contributed by atoms with van der Waals surface area (Å²) in [6.07, 6.45) is 5.26. The van der Waals surface area contributed by atoms with Gasteiger partial charge < -0.3 is 24.9 Å². The summed E-state index contributed by atoms with van der Waals surface area (Å²) in [6, 6.07) is 0. The summed E-state index contributed by atoms with van der Waals surface area (Å²) in [6.45, 7) is 2.40. The summed E-state index contributed by atoms with van der Waals surface area (Å²) >= 11 is 0. The van der Waals surface area contributed by atoms with Crippen molar-refractivity contribution in [1.82, 2.24) is 14.4 Å². The van der Waals surface area contributed by atoms with Crippen LogP contribution >= 0.6 is 0 Å². The van der Waals surface area contributed by atoms with Crippen LogP contribution in [0.5, 0.6) is 0 Å². The van der Waals surface area contributed by atoms with Crippen molar-refractivity contribution in [2.75, 3.05) is 44.5 Å². The first-order valence-electron chi connectivity index (χ1n) is 5.71. The Morgan fingerprint density at radius 2 is 2.28 bits per heavy atom. The van der Waals surface area contributed by atoms with Gasteiger partial charge in [-0.05, 0) is 0 Å². The number of aromatic nitrogens is 3. The van der Waals surface area contributed by atoms with Gasteiger partial charge in [-0.1, -0.05) is 0 Å². The number of nitrogens with two attached hydrogens (primary N) is 1. The monoisotopic (exact) mass is 251 g/mol. The van der Waals surface area contributed by atoms with Gasteiger partial charge in [0.25, 0.3) is 0 Å². The molecule has 2 heterocycles. The second kappa shape index (κ2) is 6.18. The Morgan fingerprint density at radius 3 is 3.11 bits per heavy atom. The fraction of sp³-hybridized carbons (Fsp3) is 0.455. The lowest BCUT2D eigenvalue weighted by molar-refractivity contribution is 0.0759. The van der Waals surface area contributed by atoms with Crippen LogP contribution in [-0.4, -0.2) is 47.8 Å². The number of imidazole rings is 1. The average Bonchev–Trinajstić information content (AvgIpc) is 2.81. The molecule has 2 rings (SSSR count). The number of rotatable bonds is 7. The maximum atomic E-state index is 5.71. The number of hydrogen-bond acceptors (Lipinski definition) is 6. The Kier molecular flexibility index (Phi) is 4.32. The number of nitrogen functional groups attached to an aromatic ring is 1. The smallest absolute Gasteiger partial charge is 0.180 e. The maximum absolute atomic E-state index is 5.71. The van der Waals surface area contributed by atoms with Crippen LogP contribution in [0, 0.1) is 0 Å². The minimum atomic E-state index is 0.448. The van der Waals surface area contributed by atoms with Crippen LogP contribution in [0.1, 0.15) is 0 Å². The van der Waals surface area contributed by atoms with Crippen molar-refractivity contribution in [3.8, 4) is 0 Å². The van der Waals surface area contributed by atoms with E-state index in [4.69, 9.17) is 15.2 Å². The largest absolute Gasteiger partial charge is 0.382 e. The number of ether oxygens (including phenoxy) is 2. The third-order valence-electron chi connectivity index (χ3n) is 2.36. The molecule has 0 aromatic carbocycles. The van der Waals surface area contributed by atoms with Crippen LogP contribution < -0.4 is 11.1 Å². The summed E-state index contributed by atoms with van der Waals surface area (Å²) in [4.78, 5) is 8.42. The second-order valence-electron chi connectivity index (χ2n) is 3.70. The summed E-state index contributed by atoms with van der Waals surface area (Å²) in [5, 5.41) is 3.15. The van der Waals surface area contributed by atoms with Crippen LogP contribution in [0.25, 0.3) is 5.65 Å². The van der Waals surface area contributed by atoms with Crippen molar-refractivity contribution < 1.29 is 9.47 Å². The molecule has 0 aliphatic heterocycles. The van der Waals surface area contributed by atoms with E-state index in [2.05, 4.69) is 15.3 Å². The van der Waals surface area contributed by atoms with E-state index in [-0.39, 0.29) is 0 Å². The van der Waals surface area contributed by atoms with E-state index >= 15 is 0 Å². The first kappa shape index (κ1) is 12.6. The number of fused-ring (bicyclic) bond motifs is 1. The molecular formula is C11H17N5O2. The number of nitrogens with one attached hydrogen (secondary N) is 1. The first-order valence-corrected chi connectivity index (χ1v) is 5.71. The minimum absolute atomic E-state index is 0.448. The Morgan fingerprint density at radius 1 is 1.39 bits per heavy atom. The molecule has 0 spiro atoms. The molecule has 7 nitrogen and oxygen atoms in total. The zero-order valence-electron chi connectivity index (χ0n) is 10.3. The summed E-state index contributed by atoms with van der Waals surface area (Å²) < 4.78 is 12.1. The molecule has 2 aromatic heterocycles. The van der Waals surface area contributed by atoms with Gasteiger partial charge in [-0.2, -0.15) is 0 Å². The van der Waals surface area contributed by atoms with Crippen molar-refractivity contribution in [2.24, 2.45) is 0 Å². The first-order chi connectivity index (χ1) is 8.81. The lowest BCUT2D eigenvalue weighted by Gasteiger charge is -2.08. The molecule has 0 atom stereocenters. The molecule has 0 fully saturated rings. The highest BCUT2D eigenvalue weighted by Crippen LogP contribution is 2.13. The predicted octanol–water partition coefficient (Wildman–Crippen LogP) is 0.386.